The Morgan fingerprint density at radius 1 is 1.21 bits per heavy atom. The number of rotatable bonds is 2. The highest BCUT2D eigenvalue weighted by molar-refractivity contribution is 7.97. The van der Waals surface area contributed by atoms with E-state index in [0.29, 0.717) is 21.8 Å². The summed E-state index contributed by atoms with van der Waals surface area (Å²) in [6.07, 6.45) is 0. The molecule has 0 saturated heterocycles. The number of anilines is 1. The Morgan fingerprint density at radius 2 is 1.89 bits per heavy atom. The highest BCUT2D eigenvalue weighted by Gasteiger charge is 2.47. The van der Waals surface area contributed by atoms with Crippen LogP contribution in [0.3, 0.4) is 0 Å². The van der Waals surface area contributed by atoms with E-state index in [9.17, 15) is 13.7 Å². The molecule has 2 aromatic rings. The Morgan fingerprint density at radius 3 is 2.57 bits per heavy atom. The fraction of sp³-hybridized carbons (Fsp3) is 0.150. The highest BCUT2D eigenvalue weighted by atomic mass is 35.5. The minimum absolute atomic E-state index is 0.0193. The van der Waals surface area contributed by atoms with Crippen molar-refractivity contribution in [1.29, 1.82) is 5.26 Å². The van der Waals surface area contributed by atoms with Gasteiger partial charge in [0.05, 0.1) is 11.6 Å². The second-order valence-corrected chi connectivity index (χ2v) is 8.56. The summed E-state index contributed by atoms with van der Waals surface area (Å²) in [5.74, 6) is -0.933. The first-order valence-corrected chi connectivity index (χ1v) is 10.4. The number of nitrogens with zero attached hydrogens (tertiary/aromatic N) is 2. The average molecular weight is 414 g/mol. The number of halogens is 1. The van der Waals surface area contributed by atoms with Crippen molar-refractivity contribution in [2.75, 3.05) is 10.8 Å². The lowest BCUT2D eigenvalue weighted by Crippen LogP contribution is -2.39. The third-order valence-corrected chi connectivity index (χ3v) is 7.22. The van der Waals surface area contributed by atoms with Gasteiger partial charge in [-0.1, -0.05) is 41.9 Å². The molecule has 2 aromatic carbocycles. The van der Waals surface area contributed by atoms with Crippen LogP contribution in [0.5, 0.6) is 0 Å². The largest absolute Gasteiger partial charge is 0.439 e. The van der Waals surface area contributed by atoms with Crippen LogP contribution in [-0.4, -0.2) is 15.0 Å². The summed E-state index contributed by atoms with van der Waals surface area (Å²) < 4.78 is 34.2. The van der Waals surface area contributed by atoms with Crippen molar-refractivity contribution in [3.63, 3.8) is 0 Å². The molecule has 0 radical (unpaired) electrons. The van der Waals surface area contributed by atoms with E-state index in [1.165, 1.54) is 4.31 Å². The van der Waals surface area contributed by atoms with Gasteiger partial charge in [-0.05, 0) is 30.7 Å². The summed E-state index contributed by atoms with van der Waals surface area (Å²) in [5, 5.41) is 10.1. The van der Waals surface area contributed by atoms with Gasteiger partial charge in [-0.3, -0.25) is 4.31 Å². The van der Waals surface area contributed by atoms with Gasteiger partial charge in [0, 0.05) is 17.1 Å². The Kier molecular flexibility index (Phi) is 4.33. The number of fused-ring (bicyclic) bond motifs is 2. The molecular weight excluding hydrogens is 398 g/mol. The third kappa shape index (κ3) is 2.49. The van der Waals surface area contributed by atoms with Gasteiger partial charge < -0.3 is 10.5 Å². The van der Waals surface area contributed by atoms with Crippen LogP contribution in [0.4, 0.5) is 5.69 Å². The first kappa shape index (κ1) is 18.4. The molecule has 0 aromatic heterocycles. The first-order chi connectivity index (χ1) is 13.4. The maximum absolute atomic E-state index is 13.6. The molecule has 2 heterocycles. The van der Waals surface area contributed by atoms with Crippen LogP contribution in [0.15, 0.2) is 64.9 Å². The summed E-state index contributed by atoms with van der Waals surface area (Å²) in [5.41, 5.74) is 7.65. The van der Waals surface area contributed by atoms with Crippen LogP contribution in [0.1, 0.15) is 24.0 Å². The minimum Gasteiger partial charge on any atom is -0.439 e. The number of nitrogens with two attached hydrogens (primary N) is 1. The van der Waals surface area contributed by atoms with Gasteiger partial charge in [0.25, 0.3) is 10.0 Å². The van der Waals surface area contributed by atoms with Crippen LogP contribution in [0.25, 0.3) is 5.76 Å². The topological polar surface area (TPSA) is 96.4 Å². The zero-order valence-electron chi connectivity index (χ0n) is 14.9. The standard InChI is InChI=1S/C20H16ClN3O3S/c1-2-24-16-10-6-4-8-13(16)18-19(28(24,25)26)17(14(11-22)20(23)27-18)12-7-3-5-9-15(12)21/h3-10,17H,2,23H2,1H3/t17-/m0/s1. The number of sulfonamides is 1. The van der Waals surface area contributed by atoms with Gasteiger partial charge in [0.2, 0.25) is 5.88 Å². The van der Waals surface area contributed by atoms with E-state index in [2.05, 4.69) is 0 Å². The van der Waals surface area contributed by atoms with E-state index < -0.39 is 15.9 Å². The van der Waals surface area contributed by atoms with E-state index in [1.54, 1.807) is 55.5 Å². The van der Waals surface area contributed by atoms with E-state index in [4.69, 9.17) is 22.1 Å². The molecule has 0 bridgehead atoms. The Bertz CT molecular complexity index is 1200. The monoisotopic (exact) mass is 413 g/mol. The Hall–Kier alpha value is -2.95. The van der Waals surface area contributed by atoms with E-state index in [-0.39, 0.29) is 28.7 Å². The van der Waals surface area contributed by atoms with Crippen molar-refractivity contribution in [2.45, 2.75) is 12.8 Å². The lowest BCUT2D eigenvalue weighted by molar-refractivity contribution is 0.357. The molecule has 0 fully saturated rings. The molecule has 0 spiro atoms. The average Bonchev–Trinajstić information content (AvgIpc) is 2.67. The molecule has 142 valence electrons. The maximum atomic E-state index is 13.6. The van der Waals surface area contributed by atoms with Gasteiger partial charge >= 0.3 is 0 Å². The molecule has 6 nitrogen and oxygen atoms in total. The molecule has 2 aliphatic heterocycles. The third-order valence-electron chi connectivity index (χ3n) is 4.86. The molecule has 28 heavy (non-hydrogen) atoms. The van der Waals surface area contributed by atoms with Crippen molar-refractivity contribution < 1.29 is 13.2 Å². The second-order valence-electron chi connectivity index (χ2n) is 6.33. The number of para-hydroxylation sites is 1. The van der Waals surface area contributed by atoms with Crippen LogP contribution in [-0.2, 0) is 14.8 Å². The molecule has 2 aliphatic rings. The van der Waals surface area contributed by atoms with Crippen LogP contribution < -0.4 is 10.0 Å². The molecular formula is C20H16ClN3O3S. The van der Waals surface area contributed by atoms with Crippen molar-refractivity contribution >= 4 is 33.1 Å². The fourth-order valence-electron chi connectivity index (χ4n) is 3.67. The smallest absolute Gasteiger partial charge is 0.265 e. The van der Waals surface area contributed by atoms with Crippen molar-refractivity contribution in [3.8, 4) is 6.07 Å². The zero-order valence-corrected chi connectivity index (χ0v) is 16.5. The fourth-order valence-corrected chi connectivity index (χ4v) is 5.84. The maximum Gasteiger partial charge on any atom is 0.265 e. The van der Waals surface area contributed by atoms with Gasteiger partial charge in [-0.15, -0.1) is 0 Å². The highest BCUT2D eigenvalue weighted by Crippen LogP contribution is 2.51. The van der Waals surface area contributed by atoms with Gasteiger partial charge in [0.15, 0.2) is 5.76 Å². The minimum atomic E-state index is -3.98. The molecule has 0 unspecified atom stereocenters. The summed E-state index contributed by atoms with van der Waals surface area (Å²) in [6, 6.07) is 15.9. The van der Waals surface area contributed by atoms with Crippen LogP contribution >= 0.6 is 11.6 Å². The number of ether oxygens (including phenoxy) is 1. The number of hydrogen-bond acceptors (Lipinski definition) is 5. The predicted molar refractivity (Wildman–Crippen MR) is 107 cm³/mol. The van der Waals surface area contributed by atoms with Gasteiger partial charge in [0.1, 0.15) is 16.5 Å². The molecule has 4 rings (SSSR count). The van der Waals surface area contributed by atoms with Crippen molar-refractivity contribution in [1.82, 2.24) is 0 Å². The molecule has 0 aliphatic carbocycles. The van der Waals surface area contributed by atoms with Crippen molar-refractivity contribution in [2.24, 2.45) is 5.73 Å². The lowest BCUT2D eigenvalue weighted by Gasteiger charge is -2.37. The zero-order chi connectivity index (χ0) is 20.1. The van der Waals surface area contributed by atoms with E-state index in [1.807, 2.05) is 6.07 Å². The Labute approximate surface area is 168 Å². The van der Waals surface area contributed by atoms with E-state index in [0.717, 1.165) is 0 Å². The number of nitriles is 1. The number of benzene rings is 2. The summed E-state index contributed by atoms with van der Waals surface area (Å²) in [7, 11) is -3.98. The molecule has 1 atom stereocenters. The van der Waals surface area contributed by atoms with E-state index >= 15 is 0 Å². The second kappa shape index (κ2) is 6.59. The quantitative estimate of drug-likeness (QED) is 0.809. The lowest BCUT2D eigenvalue weighted by atomic mass is 9.88. The molecule has 2 N–H and O–H groups in total. The molecule has 8 heteroatoms. The van der Waals surface area contributed by atoms with Crippen LogP contribution in [0.2, 0.25) is 5.02 Å². The van der Waals surface area contributed by atoms with Gasteiger partial charge in [-0.25, -0.2) is 8.42 Å². The predicted octanol–water partition coefficient (Wildman–Crippen LogP) is 3.69. The summed E-state index contributed by atoms with van der Waals surface area (Å²) in [6.45, 7) is 1.98. The van der Waals surface area contributed by atoms with Crippen molar-refractivity contribution in [3.05, 3.63) is 81.0 Å². The SMILES string of the molecule is CCN1c2ccccc2C2=C([C@@H](c3ccccc3Cl)C(C#N)=C(N)O2)S1(=O)=O. The first-order valence-electron chi connectivity index (χ1n) is 8.60. The summed E-state index contributed by atoms with van der Waals surface area (Å²) in [4.78, 5) is -0.0214. The number of hydrogen-bond donors (Lipinski definition) is 1. The Balaban J connectivity index is 2.11. The number of allylic oxidation sites excluding steroid dienone is 2. The van der Waals surface area contributed by atoms with Gasteiger partial charge in [-0.2, -0.15) is 5.26 Å². The van der Waals surface area contributed by atoms with Crippen LogP contribution in [0, 0.1) is 11.3 Å². The normalized spacial score (nSPS) is 20.2. The molecule has 0 amide bonds. The molecule has 0 saturated carbocycles. The summed E-state index contributed by atoms with van der Waals surface area (Å²) >= 11 is 6.38.